The maximum Gasteiger partial charge on any atom is 0.278 e. The maximum absolute atomic E-state index is 13.6. The van der Waals surface area contributed by atoms with Gasteiger partial charge in [-0.15, -0.1) is 0 Å². The van der Waals surface area contributed by atoms with Gasteiger partial charge in [0.15, 0.2) is 0 Å². The van der Waals surface area contributed by atoms with E-state index in [2.05, 4.69) is 29.2 Å². The number of carbonyl (C=O) groups excluding carboxylic acids is 2. The van der Waals surface area contributed by atoms with Crippen molar-refractivity contribution >= 4 is 17.4 Å². The maximum atomic E-state index is 13.6. The van der Waals surface area contributed by atoms with Crippen LogP contribution in [-0.4, -0.2) is 39.7 Å². The second kappa shape index (κ2) is 9.59. The predicted octanol–water partition coefficient (Wildman–Crippen LogP) is 4.46. The lowest BCUT2D eigenvalue weighted by molar-refractivity contribution is -0.138. The molecule has 2 aliphatic rings. The first-order valence-corrected chi connectivity index (χ1v) is 11.6. The van der Waals surface area contributed by atoms with Gasteiger partial charge in [-0.2, -0.15) is 0 Å². The molecule has 1 aromatic heterocycles. The largest absolute Gasteiger partial charge is 0.366 e. The van der Waals surface area contributed by atoms with Crippen LogP contribution in [0.3, 0.4) is 0 Å². The number of amides is 2. The average Bonchev–Trinajstić information content (AvgIpc) is 3.11. The molecule has 2 aromatic carbocycles. The quantitative estimate of drug-likeness (QED) is 0.515. The third-order valence-electron chi connectivity index (χ3n) is 6.64. The summed E-state index contributed by atoms with van der Waals surface area (Å²) >= 11 is 0. The molecule has 5 rings (SSSR count). The summed E-state index contributed by atoms with van der Waals surface area (Å²) in [7, 11) is 0. The van der Waals surface area contributed by atoms with Crippen molar-refractivity contribution in [3.63, 3.8) is 0 Å². The fraction of sp³-hybridized carbons (Fsp3) is 0.250. The highest BCUT2D eigenvalue weighted by atomic mass is 19.1. The van der Waals surface area contributed by atoms with E-state index in [1.165, 1.54) is 22.6 Å². The number of hydrogen-bond donors (Lipinski definition) is 0. The number of nitrogens with zero attached hydrogens (tertiary/aromatic N) is 3. The molecule has 2 amide bonds. The van der Waals surface area contributed by atoms with E-state index < -0.39 is 0 Å². The van der Waals surface area contributed by atoms with E-state index in [1.807, 2.05) is 17.0 Å². The van der Waals surface area contributed by atoms with Crippen molar-refractivity contribution in [2.75, 3.05) is 13.1 Å². The van der Waals surface area contributed by atoms with Crippen LogP contribution in [0.1, 0.15) is 29.5 Å². The molecular formula is C28H26FN3O2. The van der Waals surface area contributed by atoms with Gasteiger partial charge >= 0.3 is 0 Å². The molecule has 0 unspecified atom stereocenters. The Morgan fingerprint density at radius 1 is 0.853 bits per heavy atom. The molecule has 0 spiro atoms. The summed E-state index contributed by atoms with van der Waals surface area (Å²) in [5.41, 5.74) is 3.45. The fourth-order valence-electron chi connectivity index (χ4n) is 4.86. The second-order valence-corrected chi connectivity index (χ2v) is 8.91. The van der Waals surface area contributed by atoms with Crippen LogP contribution in [0.4, 0.5) is 4.39 Å². The molecule has 5 nitrogen and oxygen atoms in total. The molecule has 0 atom stereocenters. The highest BCUT2D eigenvalue weighted by Crippen LogP contribution is 2.35. The molecule has 3 heterocycles. The van der Waals surface area contributed by atoms with E-state index in [1.54, 1.807) is 30.6 Å². The molecule has 1 saturated heterocycles. The van der Waals surface area contributed by atoms with E-state index >= 15 is 0 Å². The summed E-state index contributed by atoms with van der Waals surface area (Å²) in [6.07, 6.45) is 6.21. The van der Waals surface area contributed by atoms with E-state index in [4.69, 9.17) is 0 Å². The van der Waals surface area contributed by atoms with Crippen molar-refractivity contribution in [3.8, 4) is 0 Å². The van der Waals surface area contributed by atoms with Crippen LogP contribution in [-0.2, 0) is 22.6 Å². The molecule has 0 aliphatic carbocycles. The molecule has 172 valence electrons. The number of carbonyl (C=O) groups is 2. The van der Waals surface area contributed by atoms with Crippen molar-refractivity contribution < 1.29 is 14.0 Å². The standard InChI is InChI=1S/C28H26FN3O2/c29-24-10-8-23(9-11-24)25-26(28(34)32(27(25)33)19-22-7-4-14-30-18-22)31-15-12-21(13-16-31)17-20-5-2-1-3-6-20/h1-11,14,18,21H,12-13,15-17,19H2. The molecule has 0 radical (unpaired) electrons. The van der Waals surface area contributed by atoms with Crippen molar-refractivity contribution in [2.45, 2.75) is 25.8 Å². The minimum atomic E-state index is -0.378. The van der Waals surface area contributed by atoms with Crippen LogP contribution in [0, 0.1) is 11.7 Å². The Morgan fingerprint density at radius 3 is 2.24 bits per heavy atom. The van der Waals surface area contributed by atoms with Gasteiger partial charge in [0, 0.05) is 25.5 Å². The first-order chi connectivity index (χ1) is 16.6. The highest BCUT2D eigenvalue weighted by molar-refractivity contribution is 6.35. The summed E-state index contributed by atoms with van der Waals surface area (Å²) in [5, 5.41) is 0. The van der Waals surface area contributed by atoms with Gasteiger partial charge in [-0.25, -0.2) is 4.39 Å². The smallest absolute Gasteiger partial charge is 0.278 e. The third kappa shape index (κ3) is 4.49. The number of benzene rings is 2. The summed E-state index contributed by atoms with van der Waals surface area (Å²) < 4.78 is 13.6. The molecule has 1 fully saturated rings. The summed E-state index contributed by atoms with van der Waals surface area (Å²) in [4.78, 5) is 34.4. The Labute approximate surface area is 198 Å². The molecule has 0 N–H and O–H groups in total. The van der Waals surface area contributed by atoms with E-state index in [0.717, 1.165) is 24.8 Å². The normalized spacial score (nSPS) is 17.1. The lowest BCUT2D eigenvalue weighted by Crippen LogP contribution is -2.38. The van der Waals surface area contributed by atoms with Crippen molar-refractivity contribution in [1.82, 2.24) is 14.8 Å². The van der Waals surface area contributed by atoms with Crippen LogP contribution in [0.5, 0.6) is 0 Å². The predicted molar refractivity (Wildman–Crippen MR) is 128 cm³/mol. The average molecular weight is 456 g/mol. The minimum absolute atomic E-state index is 0.157. The van der Waals surface area contributed by atoms with Crippen molar-refractivity contribution in [2.24, 2.45) is 5.92 Å². The minimum Gasteiger partial charge on any atom is -0.366 e. The Hall–Kier alpha value is -3.80. The first-order valence-electron chi connectivity index (χ1n) is 11.6. The van der Waals surface area contributed by atoms with Crippen LogP contribution in [0.15, 0.2) is 84.8 Å². The zero-order valence-electron chi connectivity index (χ0n) is 18.9. The van der Waals surface area contributed by atoms with Crippen LogP contribution >= 0.6 is 0 Å². The Kier molecular flexibility index (Phi) is 6.21. The van der Waals surface area contributed by atoms with E-state index in [-0.39, 0.29) is 24.2 Å². The van der Waals surface area contributed by atoms with Gasteiger partial charge in [0.25, 0.3) is 11.8 Å². The lowest BCUT2D eigenvalue weighted by atomic mass is 9.89. The number of aromatic nitrogens is 1. The van der Waals surface area contributed by atoms with Gasteiger partial charge < -0.3 is 4.90 Å². The topological polar surface area (TPSA) is 53.5 Å². The number of hydrogen-bond acceptors (Lipinski definition) is 4. The number of imide groups is 1. The molecule has 6 heteroatoms. The molecule has 34 heavy (non-hydrogen) atoms. The number of likely N-dealkylation sites (tertiary alicyclic amines) is 1. The van der Waals surface area contributed by atoms with Crippen LogP contribution in [0.2, 0.25) is 0 Å². The number of halogens is 1. The molecular weight excluding hydrogens is 429 g/mol. The van der Waals surface area contributed by atoms with Crippen molar-refractivity contribution in [3.05, 3.63) is 107 Å². The molecule has 3 aromatic rings. The summed E-state index contributed by atoms with van der Waals surface area (Å²) in [5.74, 6) is -0.486. The second-order valence-electron chi connectivity index (χ2n) is 8.91. The number of rotatable bonds is 6. The van der Waals surface area contributed by atoms with Gasteiger partial charge in [0.05, 0.1) is 12.1 Å². The van der Waals surface area contributed by atoms with Gasteiger partial charge in [0.1, 0.15) is 11.5 Å². The van der Waals surface area contributed by atoms with Crippen molar-refractivity contribution in [1.29, 1.82) is 0 Å². The van der Waals surface area contributed by atoms with Gasteiger partial charge in [0.2, 0.25) is 0 Å². The van der Waals surface area contributed by atoms with Gasteiger partial charge in [-0.05, 0) is 60.1 Å². The zero-order chi connectivity index (χ0) is 23.5. The van der Waals surface area contributed by atoms with Gasteiger partial charge in [-0.1, -0.05) is 48.5 Å². The lowest BCUT2D eigenvalue weighted by Gasteiger charge is -2.34. The number of pyridine rings is 1. The third-order valence-corrected chi connectivity index (χ3v) is 6.64. The van der Waals surface area contributed by atoms with Gasteiger partial charge in [-0.3, -0.25) is 19.5 Å². The molecule has 0 bridgehead atoms. The summed E-state index contributed by atoms with van der Waals surface area (Å²) in [6, 6.07) is 19.9. The zero-order valence-corrected chi connectivity index (χ0v) is 18.9. The fourth-order valence-corrected chi connectivity index (χ4v) is 4.86. The van der Waals surface area contributed by atoms with Crippen LogP contribution in [0.25, 0.3) is 5.57 Å². The highest BCUT2D eigenvalue weighted by Gasteiger charge is 2.42. The Balaban J connectivity index is 1.40. The van der Waals surface area contributed by atoms with E-state index in [9.17, 15) is 14.0 Å². The first kappa shape index (κ1) is 22.0. The van der Waals surface area contributed by atoms with Crippen LogP contribution < -0.4 is 0 Å². The molecule has 2 aliphatic heterocycles. The number of piperidine rings is 1. The molecule has 0 saturated carbocycles. The SMILES string of the molecule is O=C1C(c2ccc(F)cc2)=C(N2CCC(Cc3ccccc3)CC2)C(=O)N1Cc1cccnc1. The Bertz CT molecular complexity index is 1200. The monoisotopic (exact) mass is 455 g/mol. The van der Waals surface area contributed by atoms with E-state index in [0.29, 0.717) is 35.8 Å². The Morgan fingerprint density at radius 2 is 1.56 bits per heavy atom. The summed E-state index contributed by atoms with van der Waals surface area (Å²) in [6.45, 7) is 1.57.